The second kappa shape index (κ2) is 3.61. The first-order valence-corrected chi connectivity index (χ1v) is 4.48. The predicted molar refractivity (Wildman–Crippen MR) is 54.1 cm³/mol. The fourth-order valence-electron chi connectivity index (χ4n) is 1.45. The van der Waals surface area contributed by atoms with E-state index in [9.17, 15) is 0 Å². The van der Waals surface area contributed by atoms with Crippen molar-refractivity contribution in [3.8, 4) is 17.0 Å². The number of ether oxygens (including phenoxy) is 1. The molecule has 1 heterocycles. The maximum Gasteiger partial charge on any atom is 0.304 e. The molecule has 0 fully saturated rings. The van der Waals surface area contributed by atoms with E-state index >= 15 is 0 Å². The molecule has 2 rings (SSSR count). The van der Waals surface area contributed by atoms with Gasteiger partial charge in [-0.05, 0) is 22.9 Å². The number of nitrogens with zero attached hydrogens (tertiary/aromatic N) is 2. The fraction of sp³-hybridized carbons (Fsp3) is 0.200. The largest absolute Gasteiger partial charge is 0.497 e. The summed E-state index contributed by atoms with van der Waals surface area (Å²) < 4.78 is 11.6. The Morgan fingerprint density at radius 1 is 1.47 bits per heavy atom. The third-order valence-electron chi connectivity index (χ3n) is 2.16. The van der Waals surface area contributed by atoms with Crippen LogP contribution < -0.4 is 15.2 Å². The Balaban J connectivity index is 2.53. The highest BCUT2D eigenvalue weighted by Crippen LogP contribution is 2.24. The van der Waals surface area contributed by atoms with Crippen LogP contribution in [0.1, 0.15) is 0 Å². The average molecular weight is 206 g/mol. The molecular weight excluding hydrogens is 194 g/mol. The van der Waals surface area contributed by atoms with Gasteiger partial charge < -0.3 is 10.5 Å². The van der Waals surface area contributed by atoms with E-state index in [4.69, 9.17) is 15.0 Å². The number of anilines is 1. The molecule has 5 nitrogen and oxygen atoms in total. The van der Waals surface area contributed by atoms with Crippen molar-refractivity contribution < 1.29 is 13.9 Å². The molecule has 0 saturated heterocycles. The molecule has 0 aliphatic rings. The number of rotatable bonds is 2. The van der Waals surface area contributed by atoms with Gasteiger partial charge in [-0.1, -0.05) is 6.07 Å². The fourth-order valence-corrected chi connectivity index (χ4v) is 1.45. The second-order valence-corrected chi connectivity index (χ2v) is 3.14. The lowest BCUT2D eigenvalue weighted by Crippen LogP contribution is -2.31. The summed E-state index contributed by atoms with van der Waals surface area (Å²) in [6.45, 7) is 0. The van der Waals surface area contributed by atoms with Gasteiger partial charge in [0.05, 0.1) is 12.7 Å². The van der Waals surface area contributed by atoms with E-state index in [2.05, 4.69) is 5.27 Å². The molecule has 2 aromatic rings. The van der Waals surface area contributed by atoms with E-state index in [1.54, 1.807) is 18.8 Å². The summed E-state index contributed by atoms with van der Waals surface area (Å²) in [6.07, 6.45) is 0. The number of hydrogen-bond acceptors (Lipinski definition) is 4. The van der Waals surface area contributed by atoms with Gasteiger partial charge in [-0.2, -0.15) is 0 Å². The number of benzene rings is 1. The molecule has 0 saturated carbocycles. The quantitative estimate of drug-likeness (QED) is 0.736. The number of methoxy groups -OCH3 is 1. The number of aromatic nitrogens is 2. The van der Waals surface area contributed by atoms with Crippen molar-refractivity contribution in [2.24, 2.45) is 7.05 Å². The van der Waals surface area contributed by atoms with Crippen LogP contribution in [0.5, 0.6) is 5.75 Å². The molecule has 0 aliphatic carbocycles. The zero-order valence-electron chi connectivity index (χ0n) is 8.60. The maximum absolute atomic E-state index is 5.67. The molecule has 1 aromatic carbocycles. The van der Waals surface area contributed by atoms with Crippen LogP contribution in [0.15, 0.2) is 28.8 Å². The number of nitrogens with two attached hydrogens (primary N) is 1. The van der Waals surface area contributed by atoms with E-state index < -0.39 is 0 Å². The normalized spacial score (nSPS) is 10.3. The zero-order chi connectivity index (χ0) is 10.8. The molecule has 78 valence electrons. The highest BCUT2D eigenvalue weighted by atomic mass is 16.5. The molecule has 0 radical (unpaired) electrons. The highest BCUT2D eigenvalue weighted by Gasteiger charge is 2.21. The first-order valence-electron chi connectivity index (χ1n) is 4.48. The molecule has 0 amide bonds. The summed E-state index contributed by atoms with van der Waals surface area (Å²) in [5, 5.41) is 3.72. The Morgan fingerprint density at radius 2 is 2.27 bits per heavy atom. The first kappa shape index (κ1) is 9.51. The van der Waals surface area contributed by atoms with Gasteiger partial charge in [0.2, 0.25) is 5.27 Å². The smallest absolute Gasteiger partial charge is 0.304 e. The van der Waals surface area contributed by atoms with Gasteiger partial charge in [0.25, 0.3) is 0 Å². The number of aryl methyl sites for hydroxylation is 1. The van der Waals surface area contributed by atoms with Crippen LogP contribution in [-0.2, 0) is 7.05 Å². The van der Waals surface area contributed by atoms with E-state index in [0.717, 1.165) is 17.0 Å². The van der Waals surface area contributed by atoms with Crippen molar-refractivity contribution in [1.29, 1.82) is 0 Å². The summed E-state index contributed by atoms with van der Waals surface area (Å²) in [6, 6.07) is 7.56. The third kappa shape index (κ3) is 1.63. The lowest BCUT2D eigenvalue weighted by molar-refractivity contribution is -0.730. The van der Waals surface area contributed by atoms with Crippen LogP contribution in [0.2, 0.25) is 0 Å². The standard InChI is InChI=1S/C10H12N3O2/c1-13-9(10(11)15-12-13)7-4-3-5-8(6-7)14-2/h3-6H,11H2,1-2H3/q+1. The first-order chi connectivity index (χ1) is 7.22. The van der Waals surface area contributed by atoms with E-state index in [0.29, 0.717) is 5.88 Å². The third-order valence-corrected chi connectivity index (χ3v) is 2.16. The van der Waals surface area contributed by atoms with E-state index in [-0.39, 0.29) is 0 Å². The lowest BCUT2D eigenvalue weighted by Gasteiger charge is -1.99. The molecule has 0 spiro atoms. The Morgan fingerprint density at radius 3 is 2.87 bits per heavy atom. The van der Waals surface area contributed by atoms with Crippen molar-refractivity contribution in [2.45, 2.75) is 0 Å². The van der Waals surface area contributed by atoms with Crippen LogP contribution in [0.25, 0.3) is 11.3 Å². The average Bonchev–Trinajstić information content (AvgIpc) is 2.59. The molecule has 1 aromatic heterocycles. The SMILES string of the molecule is COc1cccc(-c2c(N)on[n+]2C)c1. The van der Waals surface area contributed by atoms with Crippen LogP contribution in [0.4, 0.5) is 5.88 Å². The van der Waals surface area contributed by atoms with Gasteiger partial charge in [0, 0.05) is 0 Å². The van der Waals surface area contributed by atoms with E-state index in [1.165, 1.54) is 0 Å². The van der Waals surface area contributed by atoms with Crippen molar-refractivity contribution >= 4 is 5.88 Å². The minimum atomic E-state index is 0.297. The van der Waals surface area contributed by atoms with Crippen LogP contribution >= 0.6 is 0 Å². The Kier molecular flexibility index (Phi) is 2.29. The Hall–Kier alpha value is -2.04. The molecule has 5 heteroatoms. The van der Waals surface area contributed by atoms with Crippen molar-refractivity contribution in [3.63, 3.8) is 0 Å². The van der Waals surface area contributed by atoms with E-state index in [1.807, 2.05) is 24.3 Å². The van der Waals surface area contributed by atoms with Gasteiger partial charge in [0.15, 0.2) is 7.05 Å². The van der Waals surface area contributed by atoms with Gasteiger partial charge >= 0.3 is 11.6 Å². The summed E-state index contributed by atoms with van der Waals surface area (Å²) in [5.74, 6) is 1.07. The van der Waals surface area contributed by atoms with Gasteiger partial charge in [0.1, 0.15) is 5.75 Å². The summed E-state index contributed by atoms with van der Waals surface area (Å²) in [4.78, 5) is 0. The molecule has 2 N–H and O–H groups in total. The van der Waals surface area contributed by atoms with Crippen molar-refractivity contribution in [1.82, 2.24) is 5.27 Å². The molecule has 15 heavy (non-hydrogen) atoms. The number of nitrogen functional groups attached to an aromatic ring is 1. The zero-order valence-corrected chi connectivity index (χ0v) is 8.60. The topological polar surface area (TPSA) is 65.2 Å². The summed E-state index contributed by atoms with van der Waals surface area (Å²) in [5.41, 5.74) is 7.33. The lowest BCUT2D eigenvalue weighted by atomic mass is 10.1. The minimum Gasteiger partial charge on any atom is -0.497 e. The predicted octanol–water partition coefficient (Wildman–Crippen LogP) is 0.757. The second-order valence-electron chi connectivity index (χ2n) is 3.14. The Bertz CT molecular complexity index is 460. The molecule has 0 aliphatic heterocycles. The Labute approximate surface area is 87.0 Å². The number of hydrogen-bond donors (Lipinski definition) is 1. The van der Waals surface area contributed by atoms with Crippen LogP contribution in [0.3, 0.4) is 0 Å². The van der Waals surface area contributed by atoms with Gasteiger partial charge in [-0.3, -0.25) is 4.52 Å². The van der Waals surface area contributed by atoms with Crippen LogP contribution in [0, 0.1) is 0 Å². The highest BCUT2D eigenvalue weighted by molar-refractivity contribution is 5.66. The maximum atomic E-state index is 5.67. The van der Waals surface area contributed by atoms with Crippen molar-refractivity contribution in [3.05, 3.63) is 24.3 Å². The molecular formula is C10H12N3O2+. The van der Waals surface area contributed by atoms with Gasteiger partial charge in [-0.15, -0.1) is 0 Å². The minimum absolute atomic E-state index is 0.297. The molecule has 0 atom stereocenters. The summed E-state index contributed by atoms with van der Waals surface area (Å²) >= 11 is 0. The summed E-state index contributed by atoms with van der Waals surface area (Å²) in [7, 11) is 3.39. The van der Waals surface area contributed by atoms with Gasteiger partial charge in [-0.25, -0.2) is 0 Å². The monoisotopic (exact) mass is 206 g/mol. The molecule has 0 bridgehead atoms. The van der Waals surface area contributed by atoms with Crippen LogP contribution in [-0.4, -0.2) is 12.4 Å². The molecule has 0 unspecified atom stereocenters. The van der Waals surface area contributed by atoms with Crippen molar-refractivity contribution in [2.75, 3.05) is 12.8 Å².